The van der Waals surface area contributed by atoms with E-state index in [4.69, 9.17) is 0 Å². The summed E-state index contributed by atoms with van der Waals surface area (Å²) in [4.78, 5) is 2.30. The topological polar surface area (TPSA) is 53.3 Å². The molecule has 0 radical (unpaired) electrons. The number of aromatic nitrogens is 2. The summed E-state index contributed by atoms with van der Waals surface area (Å²) in [5, 5.41) is 16.9. The quantitative estimate of drug-likeness (QED) is 0.697. The molecule has 1 aliphatic heterocycles. The smallest absolute Gasteiger partial charge is 0.0629 e. The third-order valence-electron chi connectivity index (χ3n) is 2.87. The normalized spacial score (nSPS) is 20.4. The maximum atomic E-state index is 9.44. The van der Waals surface area contributed by atoms with Crippen molar-refractivity contribution in [3.8, 4) is 0 Å². The third-order valence-corrected chi connectivity index (χ3v) is 2.87. The van der Waals surface area contributed by atoms with Crippen LogP contribution < -0.4 is 5.32 Å². The fraction of sp³-hybridized carbons (Fsp3) is 0.700. The molecule has 2 N–H and O–H groups in total. The van der Waals surface area contributed by atoms with Crippen LogP contribution in [0.5, 0.6) is 0 Å². The van der Waals surface area contributed by atoms with Crippen molar-refractivity contribution in [2.24, 2.45) is 7.05 Å². The molecular weight excluding hydrogens is 192 g/mol. The standard InChI is InChI=1S/C10H18N4O/c1-13-7-9(6-12-13)10(8-15)14-4-2-11-3-5-14/h6-7,10-11,15H,2-5,8H2,1H3. The first-order chi connectivity index (χ1) is 7.31. The molecular formula is C10H18N4O. The second kappa shape index (κ2) is 4.74. The molecule has 2 rings (SSSR count). The Balaban J connectivity index is 2.08. The lowest BCUT2D eigenvalue weighted by Crippen LogP contribution is -2.46. The van der Waals surface area contributed by atoms with E-state index in [9.17, 15) is 5.11 Å². The zero-order chi connectivity index (χ0) is 10.7. The number of nitrogens with zero attached hydrogens (tertiary/aromatic N) is 3. The summed E-state index contributed by atoms with van der Waals surface area (Å²) in [6.45, 7) is 4.12. The van der Waals surface area contributed by atoms with Crippen molar-refractivity contribution in [2.75, 3.05) is 32.8 Å². The Morgan fingerprint density at radius 1 is 1.53 bits per heavy atom. The van der Waals surface area contributed by atoms with Crippen molar-refractivity contribution in [2.45, 2.75) is 6.04 Å². The lowest BCUT2D eigenvalue weighted by molar-refractivity contribution is 0.111. The first-order valence-corrected chi connectivity index (χ1v) is 5.35. The van der Waals surface area contributed by atoms with Crippen molar-refractivity contribution in [3.63, 3.8) is 0 Å². The highest BCUT2D eigenvalue weighted by Crippen LogP contribution is 2.19. The minimum absolute atomic E-state index is 0.0980. The molecule has 0 amide bonds. The number of rotatable bonds is 3. The van der Waals surface area contributed by atoms with E-state index < -0.39 is 0 Å². The van der Waals surface area contributed by atoms with Crippen LogP contribution in [0, 0.1) is 0 Å². The van der Waals surface area contributed by atoms with Gasteiger partial charge in [0.15, 0.2) is 0 Å². The maximum absolute atomic E-state index is 9.44. The second-order valence-corrected chi connectivity index (χ2v) is 3.93. The highest BCUT2D eigenvalue weighted by Gasteiger charge is 2.22. The summed E-state index contributed by atoms with van der Waals surface area (Å²) in [6.07, 6.45) is 3.81. The number of aliphatic hydroxyl groups is 1. The molecule has 2 heterocycles. The van der Waals surface area contributed by atoms with Crippen molar-refractivity contribution in [1.82, 2.24) is 20.0 Å². The van der Waals surface area contributed by atoms with Gasteiger partial charge in [0.1, 0.15) is 0 Å². The Morgan fingerprint density at radius 2 is 2.27 bits per heavy atom. The maximum Gasteiger partial charge on any atom is 0.0629 e. The molecule has 5 nitrogen and oxygen atoms in total. The van der Waals surface area contributed by atoms with E-state index in [0.29, 0.717) is 0 Å². The summed E-state index contributed by atoms with van der Waals surface area (Å²) in [5.41, 5.74) is 1.10. The molecule has 1 aromatic heterocycles. The molecule has 1 aromatic rings. The Bertz CT molecular complexity index is 306. The van der Waals surface area contributed by atoms with E-state index in [1.165, 1.54) is 0 Å². The van der Waals surface area contributed by atoms with Crippen molar-refractivity contribution in [3.05, 3.63) is 18.0 Å². The second-order valence-electron chi connectivity index (χ2n) is 3.93. The summed E-state index contributed by atoms with van der Waals surface area (Å²) in [7, 11) is 1.90. The highest BCUT2D eigenvalue weighted by atomic mass is 16.3. The molecule has 1 fully saturated rings. The molecule has 1 saturated heterocycles. The predicted octanol–water partition coefficient (Wildman–Crippen LogP) is -0.641. The lowest BCUT2D eigenvalue weighted by atomic mass is 10.1. The molecule has 15 heavy (non-hydrogen) atoms. The van der Waals surface area contributed by atoms with Crippen LogP contribution >= 0.6 is 0 Å². The highest BCUT2D eigenvalue weighted by molar-refractivity contribution is 5.11. The van der Waals surface area contributed by atoms with E-state index in [-0.39, 0.29) is 12.6 Å². The Kier molecular flexibility index (Phi) is 3.35. The van der Waals surface area contributed by atoms with Crippen LogP contribution in [-0.4, -0.2) is 52.6 Å². The summed E-state index contributed by atoms with van der Waals surface area (Å²) in [5.74, 6) is 0. The number of piperazine rings is 1. The molecule has 84 valence electrons. The van der Waals surface area contributed by atoms with Gasteiger partial charge < -0.3 is 10.4 Å². The van der Waals surface area contributed by atoms with E-state index >= 15 is 0 Å². The molecule has 5 heteroatoms. The van der Waals surface area contributed by atoms with Gasteiger partial charge in [-0.15, -0.1) is 0 Å². The molecule has 0 spiro atoms. The van der Waals surface area contributed by atoms with Gasteiger partial charge in [-0.1, -0.05) is 0 Å². The number of aliphatic hydroxyl groups excluding tert-OH is 1. The fourth-order valence-electron chi connectivity index (χ4n) is 2.04. The summed E-state index contributed by atoms with van der Waals surface area (Å²) >= 11 is 0. The molecule has 0 bridgehead atoms. The molecule has 1 atom stereocenters. The monoisotopic (exact) mass is 210 g/mol. The lowest BCUT2D eigenvalue weighted by Gasteiger charge is -2.33. The van der Waals surface area contributed by atoms with Gasteiger partial charge >= 0.3 is 0 Å². The minimum atomic E-state index is 0.0980. The van der Waals surface area contributed by atoms with Crippen LogP contribution in [0.2, 0.25) is 0 Å². The summed E-state index contributed by atoms with van der Waals surface area (Å²) < 4.78 is 1.78. The van der Waals surface area contributed by atoms with Crippen molar-refractivity contribution in [1.29, 1.82) is 0 Å². The van der Waals surface area contributed by atoms with Gasteiger partial charge in [0, 0.05) is 45.0 Å². The molecule has 0 saturated carbocycles. The number of hydrogen-bond donors (Lipinski definition) is 2. The number of hydrogen-bond acceptors (Lipinski definition) is 4. The van der Waals surface area contributed by atoms with Crippen LogP contribution in [0.15, 0.2) is 12.4 Å². The van der Waals surface area contributed by atoms with E-state index in [0.717, 1.165) is 31.7 Å². The molecule has 1 unspecified atom stereocenters. The Labute approximate surface area is 89.7 Å². The van der Waals surface area contributed by atoms with Gasteiger partial charge in [0.25, 0.3) is 0 Å². The Morgan fingerprint density at radius 3 is 2.80 bits per heavy atom. The zero-order valence-corrected chi connectivity index (χ0v) is 9.06. The predicted molar refractivity (Wildman–Crippen MR) is 57.5 cm³/mol. The van der Waals surface area contributed by atoms with Crippen LogP contribution in [0.1, 0.15) is 11.6 Å². The van der Waals surface area contributed by atoms with Gasteiger partial charge in [0.05, 0.1) is 18.8 Å². The van der Waals surface area contributed by atoms with Crippen LogP contribution in [0.3, 0.4) is 0 Å². The third kappa shape index (κ3) is 2.37. The van der Waals surface area contributed by atoms with E-state index in [1.807, 2.05) is 19.4 Å². The van der Waals surface area contributed by atoms with Crippen LogP contribution in [0.4, 0.5) is 0 Å². The van der Waals surface area contributed by atoms with Gasteiger partial charge in [0.2, 0.25) is 0 Å². The van der Waals surface area contributed by atoms with Gasteiger partial charge in [-0.25, -0.2) is 0 Å². The zero-order valence-electron chi connectivity index (χ0n) is 9.06. The number of aryl methyl sites for hydroxylation is 1. The fourth-order valence-corrected chi connectivity index (χ4v) is 2.04. The Hall–Kier alpha value is -0.910. The molecule has 0 aromatic carbocycles. The van der Waals surface area contributed by atoms with Crippen LogP contribution in [0.25, 0.3) is 0 Å². The minimum Gasteiger partial charge on any atom is -0.394 e. The average Bonchev–Trinajstić information content (AvgIpc) is 2.68. The van der Waals surface area contributed by atoms with E-state index in [1.54, 1.807) is 4.68 Å². The van der Waals surface area contributed by atoms with Crippen molar-refractivity contribution >= 4 is 0 Å². The molecule has 1 aliphatic rings. The largest absolute Gasteiger partial charge is 0.394 e. The molecule has 0 aliphatic carbocycles. The average molecular weight is 210 g/mol. The van der Waals surface area contributed by atoms with Crippen LogP contribution in [-0.2, 0) is 7.05 Å². The van der Waals surface area contributed by atoms with Crippen molar-refractivity contribution < 1.29 is 5.11 Å². The number of nitrogens with one attached hydrogen (secondary N) is 1. The van der Waals surface area contributed by atoms with Gasteiger partial charge in [-0.3, -0.25) is 9.58 Å². The van der Waals surface area contributed by atoms with Gasteiger partial charge in [-0.2, -0.15) is 5.10 Å². The van der Waals surface area contributed by atoms with E-state index in [2.05, 4.69) is 15.3 Å². The van der Waals surface area contributed by atoms with Gasteiger partial charge in [-0.05, 0) is 0 Å². The first-order valence-electron chi connectivity index (χ1n) is 5.35. The first kappa shape index (κ1) is 10.6. The summed E-state index contributed by atoms with van der Waals surface area (Å²) in [6, 6.07) is 0.0980. The SMILES string of the molecule is Cn1cc(C(CO)N2CCNCC2)cn1.